The lowest BCUT2D eigenvalue weighted by molar-refractivity contribution is -0.499. The fourth-order valence-corrected chi connectivity index (χ4v) is 8.31. The van der Waals surface area contributed by atoms with Crippen molar-refractivity contribution in [2.75, 3.05) is 70.5 Å². The van der Waals surface area contributed by atoms with Gasteiger partial charge in [-0.15, -0.1) is 0 Å². The second-order valence-corrected chi connectivity index (χ2v) is 16.0. The van der Waals surface area contributed by atoms with Crippen molar-refractivity contribution in [3.8, 4) is 0 Å². The molecule has 50 heavy (non-hydrogen) atoms. The zero-order valence-corrected chi connectivity index (χ0v) is 31.7. The van der Waals surface area contributed by atoms with Crippen molar-refractivity contribution in [3.63, 3.8) is 0 Å². The zero-order chi connectivity index (χ0) is 36.4. The van der Waals surface area contributed by atoms with E-state index >= 15 is 0 Å². The van der Waals surface area contributed by atoms with Crippen LogP contribution < -0.4 is 9.80 Å². The van der Waals surface area contributed by atoms with Crippen LogP contribution in [0.15, 0.2) is 88.1 Å². The molecule has 0 atom stereocenters. The molecule has 2 aliphatic heterocycles. The summed E-state index contributed by atoms with van der Waals surface area (Å²) >= 11 is 0. The first kappa shape index (κ1) is 37.7. The van der Waals surface area contributed by atoms with E-state index in [0.29, 0.717) is 26.3 Å². The molecule has 270 valence electrons. The average Bonchev–Trinajstić information content (AvgIpc) is 3.41. The monoisotopic (exact) mass is 704 g/mol. The van der Waals surface area contributed by atoms with Gasteiger partial charge in [-0.25, -0.2) is 4.58 Å². The summed E-state index contributed by atoms with van der Waals surface area (Å²) in [5, 5.41) is 10.0. The molecule has 0 unspecified atom stereocenters. The number of aliphatic hydroxyl groups excluding tert-OH is 1. The lowest BCUT2D eigenvalue weighted by Crippen LogP contribution is -2.30. The maximum atomic E-state index is 12.1. The van der Waals surface area contributed by atoms with Gasteiger partial charge >= 0.3 is 0 Å². The lowest BCUT2D eigenvalue weighted by atomic mass is 9.82. The first-order chi connectivity index (χ1) is 23.7. The van der Waals surface area contributed by atoms with Gasteiger partial charge in [-0.1, -0.05) is 57.5 Å². The molecular formula is C40H54N3O6S+. The predicted molar refractivity (Wildman–Crippen MR) is 201 cm³/mol. The third-order valence-corrected chi connectivity index (χ3v) is 11.3. The molecule has 0 spiro atoms. The van der Waals surface area contributed by atoms with Crippen LogP contribution in [0, 0.1) is 6.92 Å². The summed E-state index contributed by atoms with van der Waals surface area (Å²) < 4.78 is 47.1. The highest BCUT2D eigenvalue weighted by atomic mass is 32.2. The van der Waals surface area contributed by atoms with Crippen LogP contribution in [-0.2, 0) is 30.4 Å². The standard InChI is InChI=1S/C40H53N3O6S/c1-28-12-16-34-32(26-28)39(2,3)36(42(34)21-24-48-7)18-13-29-10-9-11-30(38(29)41(6)20-23-44)14-19-37-40(4,5)33-27-31(50(45,46)47)15-17-35(33)43(37)22-25-49-8/h12-19,26-27,44H,9-11,20-25H2,1-8H3/p+1. The molecule has 0 radical (unpaired) electrons. The van der Waals surface area contributed by atoms with Crippen molar-refractivity contribution in [2.45, 2.75) is 69.6 Å². The molecule has 3 aliphatic rings. The van der Waals surface area contributed by atoms with Crippen molar-refractivity contribution in [3.05, 3.63) is 99.9 Å². The van der Waals surface area contributed by atoms with Gasteiger partial charge in [0.25, 0.3) is 10.1 Å². The molecule has 2 aromatic carbocycles. The second kappa shape index (κ2) is 15.0. The minimum absolute atomic E-state index is 0.0401. The molecule has 0 aromatic heterocycles. The molecule has 9 nitrogen and oxygen atoms in total. The topological polar surface area (TPSA) is 103 Å². The Labute approximate surface area is 298 Å². The van der Waals surface area contributed by atoms with Crippen molar-refractivity contribution in [1.29, 1.82) is 0 Å². The van der Waals surface area contributed by atoms with Crippen LogP contribution in [-0.4, -0.2) is 89.1 Å². The molecule has 10 heteroatoms. The first-order valence-corrected chi connectivity index (χ1v) is 18.9. The second-order valence-electron chi connectivity index (χ2n) is 14.5. The normalized spacial score (nSPS) is 22.6. The number of methoxy groups -OCH3 is 2. The Bertz CT molecular complexity index is 1880. The Morgan fingerprint density at radius 2 is 1.32 bits per heavy atom. The minimum atomic E-state index is -4.35. The molecular weight excluding hydrogens is 651 g/mol. The number of hydrogen-bond donors (Lipinski definition) is 2. The Balaban J connectivity index is 1.59. The minimum Gasteiger partial charge on any atom is -0.390 e. The summed E-state index contributed by atoms with van der Waals surface area (Å²) in [6, 6.07) is 11.5. The van der Waals surface area contributed by atoms with E-state index < -0.39 is 15.5 Å². The van der Waals surface area contributed by atoms with E-state index in [1.165, 1.54) is 39.7 Å². The van der Waals surface area contributed by atoms with Crippen LogP contribution >= 0.6 is 0 Å². The molecule has 2 heterocycles. The van der Waals surface area contributed by atoms with E-state index in [9.17, 15) is 18.1 Å². The average molecular weight is 705 g/mol. The number of benzene rings is 2. The summed E-state index contributed by atoms with van der Waals surface area (Å²) in [7, 11) is 1.10. The van der Waals surface area contributed by atoms with Crippen LogP contribution in [0.2, 0.25) is 0 Å². The van der Waals surface area contributed by atoms with E-state index in [-0.39, 0.29) is 16.9 Å². The molecule has 1 aliphatic carbocycles. The van der Waals surface area contributed by atoms with E-state index in [0.717, 1.165) is 48.5 Å². The highest BCUT2D eigenvalue weighted by molar-refractivity contribution is 7.85. The number of anilines is 2. The zero-order valence-electron chi connectivity index (χ0n) is 30.9. The molecule has 1 saturated carbocycles. The van der Waals surface area contributed by atoms with Gasteiger partial charge in [0, 0.05) is 72.1 Å². The van der Waals surface area contributed by atoms with Gasteiger partial charge < -0.3 is 24.4 Å². The van der Waals surface area contributed by atoms with Gasteiger partial charge in [0.15, 0.2) is 6.54 Å². The van der Waals surface area contributed by atoms with Crippen molar-refractivity contribution in [2.24, 2.45) is 0 Å². The van der Waals surface area contributed by atoms with Crippen LogP contribution in [0.5, 0.6) is 0 Å². The van der Waals surface area contributed by atoms with Gasteiger partial charge in [-0.05, 0) is 73.7 Å². The maximum absolute atomic E-state index is 12.1. The van der Waals surface area contributed by atoms with Crippen molar-refractivity contribution < 1.29 is 32.1 Å². The number of nitrogens with zero attached hydrogens (tertiary/aromatic N) is 3. The third-order valence-electron chi connectivity index (χ3n) is 10.4. The Morgan fingerprint density at radius 3 is 1.80 bits per heavy atom. The predicted octanol–water partition coefficient (Wildman–Crippen LogP) is 6.31. The Hall–Kier alpha value is -3.54. The molecule has 0 bridgehead atoms. The molecule has 2 N–H and O–H groups in total. The van der Waals surface area contributed by atoms with Crippen LogP contribution in [0.4, 0.5) is 11.4 Å². The van der Waals surface area contributed by atoms with Gasteiger partial charge in [0.2, 0.25) is 5.71 Å². The van der Waals surface area contributed by atoms with E-state index in [2.05, 4.69) is 91.5 Å². The van der Waals surface area contributed by atoms with E-state index in [1.807, 2.05) is 7.05 Å². The molecule has 0 amide bonds. The van der Waals surface area contributed by atoms with Crippen LogP contribution in [0.3, 0.4) is 0 Å². The number of hydrogen-bond acceptors (Lipinski definition) is 7. The first-order valence-electron chi connectivity index (χ1n) is 17.4. The number of rotatable bonds is 11. The van der Waals surface area contributed by atoms with E-state index in [4.69, 9.17) is 9.47 Å². The summed E-state index contributed by atoms with van der Waals surface area (Å²) in [4.78, 5) is 4.46. The quantitative estimate of drug-likeness (QED) is 0.207. The summed E-state index contributed by atoms with van der Waals surface area (Å²) in [5.41, 5.74) is 10.6. The van der Waals surface area contributed by atoms with Crippen molar-refractivity contribution in [1.82, 2.24) is 0 Å². The summed E-state index contributed by atoms with van der Waals surface area (Å²) in [6.45, 7) is 13.9. The lowest BCUT2D eigenvalue weighted by Gasteiger charge is -2.27. The molecule has 1 fully saturated rings. The number of ether oxygens (including phenoxy) is 2. The number of allylic oxidation sites excluding steroid dienone is 8. The van der Waals surface area contributed by atoms with Gasteiger partial charge in [0.05, 0.1) is 18.1 Å². The summed E-state index contributed by atoms with van der Waals surface area (Å²) in [6.07, 6.45) is 11.7. The summed E-state index contributed by atoms with van der Waals surface area (Å²) in [5.74, 6) is 0. The van der Waals surface area contributed by atoms with E-state index in [1.54, 1.807) is 26.4 Å². The molecule has 2 aromatic rings. The number of fused-ring (bicyclic) bond motifs is 2. The van der Waals surface area contributed by atoms with Crippen LogP contribution in [0.25, 0.3) is 0 Å². The highest BCUT2D eigenvalue weighted by Crippen LogP contribution is 2.49. The Kier molecular flexibility index (Phi) is 11.3. The number of likely N-dealkylation sites (N-methyl/N-ethyl adjacent to an activating group) is 1. The molecule has 0 saturated heterocycles. The van der Waals surface area contributed by atoms with Gasteiger partial charge in [-0.2, -0.15) is 8.42 Å². The number of aliphatic hydroxyl groups is 1. The van der Waals surface area contributed by atoms with Gasteiger partial charge in [-0.3, -0.25) is 4.55 Å². The SMILES string of the molecule is COCCN1C(=CC=C2CCC/C(=C\C=C3\N(CCOC)c4ccc(S(=O)(=O)O)cc4C3(C)C)C2=[N+](C)CCO)C(C)(C)c2cc(C)ccc21. The van der Waals surface area contributed by atoms with Gasteiger partial charge in [0.1, 0.15) is 13.7 Å². The van der Waals surface area contributed by atoms with Crippen molar-refractivity contribution >= 4 is 27.2 Å². The smallest absolute Gasteiger partial charge is 0.294 e. The Morgan fingerprint density at radius 1 is 0.820 bits per heavy atom. The fourth-order valence-electron chi connectivity index (χ4n) is 7.80. The van der Waals surface area contributed by atoms with Crippen LogP contribution in [0.1, 0.15) is 63.6 Å². The third kappa shape index (κ3) is 7.27. The highest BCUT2D eigenvalue weighted by Gasteiger charge is 2.42. The fraction of sp³-hybridized carbons (Fsp3) is 0.475. The largest absolute Gasteiger partial charge is 0.390 e. The molecule has 5 rings (SSSR count). The number of aryl methyl sites for hydroxylation is 1. The maximum Gasteiger partial charge on any atom is 0.294 e.